The zero-order valence-electron chi connectivity index (χ0n) is 11.8. The van der Waals surface area contributed by atoms with E-state index in [2.05, 4.69) is 14.9 Å². The van der Waals surface area contributed by atoms with Crippen LogP contribution < -0.4 is 5.32 Å². The molecule has 2 aromatic rings. The summed E-state index contributed by atoms with van der Waals surface area (Å²) in [5, 5.41) is 5.21. The monoisotopic (exact) mass is 289 g/mol. The third-order valence-electron chi connectivity index (χ3n) is 3.98. The molecule has 0 spiro atoms. The molecule has 4 nitrogen and oxygen atoms in total. The normalized spacial score (nSPS) is 18.6. The first-order chi connectivity index (χ1) is 9.57. The van der Waals surface area contributed by atoms with E-state index in [-0.39, 0.29) is 11.9 Å². The van der Waals surface area contributed by atoms with Gasteiger partial charge < -0.3 is 9.88 Å². The predicted octanol–water partition coefficient (Wildman–Crippen LogP) is 2.35. The van der Waals surface area contributed by atoms with E-state index in [4.69, 9.17) is 0 Å². The number of nitrogens with zero attached hydrogens (tertiary/aromatic N) is 2. The molecule has 0 saturated heterocycles. The molecule has 1 amide bonds. The number of rotatable bonds is 3. The number of aryl methyl sites for hydroxylation is 1. The van der Waals surface area contributed by atoms with Crippen molar-refractivity contribution >= 4 is 17.2 Å². The highest BCUT2D eigenvalue weighted by atomic mass is 32.1. The first-order valence-corrected chi connectivity index (χ1v) is 7.80. The zero-order chi connectivity index (χ0) is 14.2. The lowest BCUT2D eigenvalue weighted by atomic mass is 9.89. The van der Waals surface area contributed by atoms with E-state index in [0.717, 1.165) is 30.1 Å². The topological polar surface area (TPSA) is 46.9 Å². The number of hydrogen-bond donors (Lipinski definition) is 1. The summed E-state index contributed by atoms with van der Waals surface area (Å²) in [7, 11) is 0. The molecule has 20 heavy (non-hydrogen) atoms. The molecule has 1 aliphatic rings. The molecule has 0 radical (unpaired) electrons. The number of amides is 1. The Hall–Kier alpha value is -1.62. The van der Waals surface area contributed by atoms with E-state index in [1.807, 2.05) is 43.8 Å². The molecule has 0 aliphatic carbocycles. The van der Waals surface area contributed by atoms with Gasteiger partial charge in [-0.15, -0.1) is 11.3 Å². The summed E-state index contributed by atoms with van der Waals surface area (Å²) in [6.45, 7) is 4.79. The molecule has 2 aromatic heterocycles. The van der Waals surface area contributed by atoms with Gasteiger partial charge in [0.1, 0.15) is 5.82 Å². The SMILES string of the molecule is CC(C)(C(=O)NC1CCc2nccn2C1)c1cccs1. The number of nitrogens with one attached hydrogen (secondary N) is 1. The van der Waals surface area contributed by atoms with Crippen molar-refractivity contribution in [3.63, 3.8) is 0 Å². The molecule has 0 fully saturated rings. The molecule has 1 unspecified atom stereocenters. The molecule has 1 atom stereocenters. The number of carbonyl (C=O) groups excluding carboxylic acids is 1. The fraction of sp³-hybridized carbons (Fsp3) is 0.467. The van der Waals surface area contributed by atoms with Crippen LogP contribution in [0.1, 0.15) is 31.0 Å². The summed E-state index contributed by atoms with van der Waals surface area (Å²) in [6.07, 6.45) is 5.70. The van der Waals surface area contributed by atoms with Crippen LogP contribution in [0.25, 0.3) is 0 Å². The maximum absolute atomic E-state index is 12.6. The lowest BCUT2D eigenvalue weighted by molar-refractivity contribution is -0.126. The van der Waals surface area contributed by atoms with E-state index >= 15 is 0 Å². The Labute approximate surface area is 122 Å². The Morgan fingerprint density at radius 2 is 2.40 bits per heavy atom. The fourth-order valence-electron chi connectivity index (χ4n) is 2.60. The second-order valence-corrected chi connectivity index (χ2v) is 6.75. The van der Waals surface area contributed by atoms with E-state index < -0.39 is 5.41 Å². The summed E-state index contributed by atoms with van der Waals surface area (Å²) < 4.78 is 2.13. The maximum atomic E-state index is 12.6. The third-order valence-corrected chi connectivity index (χ3v) is 5.17. The number of fused-ring (bicyclic) bond motifs is 1. The van der Waals surface area contributed by atoms with E-state index in [1.54, 1.807) is 11.3 Å². The van der Waals surface area contributed by atoms with Gasteiger partial charge in [-0.05, 0) is 31.7 Å². The lowest BCUT2D eigenvalue weighted by Crippen LogP contribution is -2.47. The molecule has 5 heteroatoms. The van der Waals surface area contributed by atoms with Crippen molar-refractivity contribution in [1.82, 2.24) is 14.9 Å². The molecule has 1 aliphatic heterocycles. The van der Waals surface area contributed by atoms with Crippen LogP contribution >= 0.6 is 11.3 Å². The van der Waals surface area contributed by atoms with Crippen molar-refractivity contribution < 1.29 is 4.79 Å². The van der Waals surface area contributed by atoms with Crippen LogP contribution in [0.2, 0.25) is 0 Å². The highest BCUT2D eigenvalue weighted by Gasteiger charge is 2.32. The average molecular weight is 289 g/mol. The quantitative estimate of drug-likeness (QED) is 0.943. The molecular formula is C15H19N3OS. The number of aromatic nitrogens is 2. The smallest absolute Gasteiger partial charge is 0.231 e. The van der Waals surface area contributed by atoms with Gasteiger partial charge in [0.2, 0.25) is 5.91 Å². The summed E-state index contributed by atoms with van der Waals surface area (Å²) in [5.74, 6) is 1.22. The van der Waals surface area contributed by atoms with Crippen molar-refractivity contribution in [2.75, 3.05) is 0 Å². The van der Waals surface area contributed by atoms with Crippen molar-refractivity contribution in [1.29, 1.82) is 0 Å². The van der Waals surface area contributed by atoms with Gasteiger partial charge in [0.25, 0.3) is 0 Å². The third kappa shape index (κ3) is 2.38. The summed E-state index contributed by atoms with van der Waals surface area (Å²) in [6, 6.07) is 4.22. The summed E-state index contributed by atoms with van der Waals surface area (Å²) in [5.41, 5.74) is -0.469. The predicted molar refractivity (Wildman–Crippen MR) is 79.8 cm³/mol. The molecule has 0 aromatic carbocycles. The van der Waals surface area contributed by atoms with Crippen molar-refractivity contribution in [3.8, 4) is 0 Å². The Kier molecular flexibility index (Phi) is 3.38. The van der Waals surface area contributed by atoms with Crippen LogP contribution in [0.3, 0.4) is 0 Å². The van der Waals surface area contributed by atoms with Crippen molar-refractivity contribution in [2.24, 2.45) is 0 Å². The lowest BCUT2D eigenvalue weighted by Gasteiger charge is -2.29. The first kappa shape index (κ1) is 13.4. The molecule has 0 bridgehead atoms. The number of imidazole rings is 1. The number of carbonyl (C=O) groups is 1. The van der Waals surface area contributed by atoms with Gasteiger partial charge in [0.05, 0.1) is 5.41 Å². The summed E-state index contributed by atoms with van der Waals surface area (Å²) in [4.78, 5) is 18.0. The van der Waals surface area contributed by atoms with Gasteiger partial charge in [-0.2, -0.15) is 0 Å². The molecule has 106 valence electrons. The molecule has 3 heterocycles. The van der Waals surface area contributed by atoms with Crippen LogP contribution in [0, 0.1) is 0 Å². The van der Waals surface area contributed by atoms with Crippen LogP contribution in [0.5, 0.6) is 0 Å². The van der Waals surface area contributed by atoms with Gasteiger partial charge in [0.15, 0.2) is 0 Å². The van der Waals surface area contributed by atoms with E-state index in [9.17, 15) is 4.79 Å². The Morgan fingerprint density at radius 3 is 3.15 bits per heavy atom. The largest absolute Gasteiger partial charge is 0.351 e. The number of hydrogen-bond acceptors (Lipinski definition) is 3. The standard InChI is InChI=1S/C15H19N3OS/c1-15(2,12-4-3-9-20-12)14(19)17-11-5-6-13-16-7-8-18(13)10-11/h3-4,7-9,11H,5-6,10H2,1-2H3,(H,17,19). The van der Waals surface area contributed by atoms with Gasteiger partial charge in [0, 0.05) is 36.3 Å². The van der Waals surface area contributed by atoms with Crippen LogP contribution in [-0.4, -0.2) is 21.5 Å². The second kappa shape index (κ2) is 5.05. The molecule has 0 saturated carbocycles. The highest BCUT2D eigenvalue weighted by Crippen LogP contribution is 2.28. The Morgan fingerprint density at radius 1 is 1.55 bits per heavy atom. The van der Waals surface area contributed by atoms with Gasteiger partial charge in [-0.25, -0.2) is 4.98 Å². The van der Waals surface area contributed by atoms with Gasteiger partial charge >= 0.3 is 0 Å². The maximum Gasteiger partial charge on any atom is 0.231 e. The van der Waals surface area contributed by atoms with E-state index in [1.165, 1.54) is 0 Å². The molecule has 3 rings (SSSR count). The minimum absolute atomic E-state index is 0.105. The van der Waals surface area contributed by atoms with Crippen LogP contribution in [0.4, 0.5) is 0 Å². The number of thiophene rings is 1. The minimum Gasteiger partial charge on any atom is -0.351 e. The van der Waals surface area contributed by atoms with Crippen LogP contribution in [0.15, 0.2) is 29.9 Å². The summed E-state index contributed by atoms with van der Waals surface area (Å²) >= 11 is 1.63. The first-order valence-electron chi connectivity index (χ1n) is 6.92. The Bertz CT molecular complexity index is 600. The van der Waals surface area contributed by atoms with E-state index in [0.29, 0.717) is 0 Å². The second-order valence-electron chi connectivity index (χ2n) is 5.81. The van der Waals surface area contributed by atoms with Crippen molar-refractivity contribution in [3.05, 3.63) is 40.6 Å². The Balaban J connectivity index is 1.68. The average Bonchev–Trinajstić information content (AvgIpc) is 3.09. The van der Waals surface area contributed by atoms with Gasteiger partial charge in [-0.1, -0.05) is 6.07 Å². The minimum atomic E-state index is -0.469. The molecular weight excluding hydrogens is 270 g/mol. The van der Waals surface area contributed by atoms with Crippen molar-refractivity contribution in [2.45, 2.75) is 44.7 Å². The van der Waals surface area contributed by atoms with Gasteiger partial charge in [-0.3, -0.25) is 4.79 Å². The molecule has 1 N–H and O–H groups in total. The highest BCUT2D eigenvalue weighted by molar-refractivity contribution is 7.10. The fourth-order valence-corrected chi connectivity index (χ4v) is 3.44. The zero-order valence-corrected chi connectivity index (χ0v) is 12.6. The van der Waals surface area contributed by atoms with Crippen LogP contribution in [-0.2, 0) is 23.2 Å².